The maximum atomic E-state index is 11.4. The van der Waals surface area contributed by atoms with Gasteiger partial charge in [0.1, 0.15) is 0 Å². The number of pyridine rings is 1. The lowest BCUT2D eigenvalue weighted by Crippen LogP contribution is -2.33. The van der Waals surface area contributed by atoms with Crippen molar-refractivity contribution in [3.05, 3.63) is 16.9 Å². The number of aromatic nitrogens is 1. The zero-order valence-corrected chi connectivity index (χ0v) is 12.0. The molecule has 2 N–H and O–H groups in total. The third-order valence-electron chi connectivity index (χ3n) is 3.16. The van der Waals surface area contributed by atoms with E-state index in [1.165, 1.54) is 0 Å². The average molecular weight is 313 g/mol. The molecule has 0 aliphatic carbocycles. The van der Waals surface area contributed by atoms with Gasteiger partial charge in [0.25, 0.3) is 0 Å². The third-order valence-corrected chi connectivity index (χ3v) is 3.74. The van der Waals surface area contributed by atoms with Crippen LogP contribution in [-0.4, -0.2) is 42.0 Å². The first-order valence-corrected chi connectivity index (χ1v) is 6.78. The van der Waals surface area contributed by atoms with Crippen molar-refractivity contribution >= 4 is 33.2 Å². The summed E-state index contributed by atoms with van der Waals surface area (Å²) in [6.45, 7) is 4.87. The van der Waals surface area contributed by atoms with Gasteiger partial charge in [0.05, 0.1) is 22.0 Å². The minimum Gasteiger partial charge on any atom is -0.396 e. The van der Waals surface area contributed by atoms with E-state index in [1.807, 2.05) is 4.90 Å². The average Bonchev–Trinajstić information content (AvgIpc) is 2.54. The molecule has 0 aromatic carbocycles. The summed E-state index contributed by atoms with van der Waals surface area (Å²) in [6, 6.07) is 0. The Hall–Kier alpha value is -1.30. The number of nitrogen functional groups attached to an aromatic ring is 1. The van der Waals surface area contributed by atoms with E-state index in [-0.39, 0.29) is 5.91 Å². The molecule has 1 aliphatic heterocycles. The quantitative estimate of drug-likeness (QED) is 0.853. The van der Waals surface area contributed by atoms with Crippen molar-refractivity contribution in [1.82, 2.24) is 9.88 Å². The highest BCUT2D eigenvalue weighted by atomic mass is 79.9. The molecule has 0 unspecified atom stereocenters. The summed E-state index contributed by atoms with van der Waals surface area (Å²) < 4.78 is 0.902. The highest BCUT2D eigenvalue weighted by Gasteiger charge is 2.19. The second-order valence-electron chi connectivity index (χ2n) is 4.41. The summed E-state index contributed by atoms with van der Waals surface area (Å²) in [5, 5.41) is 0. The van der Waals surface area contributed by atoms with Crippen LogP contribution in [-0.2, 0) is 4.79 Å². The van der Waals surface area contributed by atoms with Gasteiger partial charge in [0, 0.05) is 39.3 Å². The van der Waals surface area contributed by atoms with Crippen LogP contribution in [0, 0.1) is 0 Å². The molecule has 1 aromatic heterocycles. The van der Waals surface area contributed by atoms with E-state index in [9.17, 15) is 4.79 Å². The Balaban J connectivity index is 2.17. The van der Waals surface area contributed by atoms with Crippen molar-refractivity contribution in [2.45, 2.75) is 13.3 Å². The number of carbonyl (C=O) groups is 1. The second kappa shape index (κ2) is 5.56. The highest BCUT2D eigenvalue weighted by Crippen LogP contribution is 2.31. The summed E-state index contributed by atoms with van der Waals surface area (Å²) in [5.74, 6) is 0.138. The number of rotatable bonds is 1. The van der Waals surface area contributed by atoms with Crippen molar-refractivity contribution in [2.24, 2.45) is 0 Å². The van der Waals surface area contributed by atoms with E-state index >= 15 is 0 Å². The van der Waals surface area contributed by atoms with Gasteiger partial charge < -0.3 is 15.5 Å². The van der Waals surface area contributed by atoms with E-state index in [0.29, 0.717) is 5.69 Å². The Bertz CT molecular complexity index is 431. The number of halogens is 1. The molecular formula is C12H17BrN4O. The molecule has 0 atom stereocenters. The van der Waals surface area contributed by atoms with E-state index in [0.717, 1.165) is 42.8 Å². The minimum atomic E-state index is 0.138. The largest absolute Gasteiger partial charge is 0.396 e. The lowest BCUT2D eigenvalue weighted by molar-refractivity contribution is -0.128. The Morgan fingerprint density at radius 2 is 2.11 bits per heavy atom. The zero-order valence-electron chi connectivity index (χ0n) is 10.4. The fourth-order valence-corrected chi connectivity index (χ4v) is 2.83. The SMILES string of the molecule is CC(=O)N1CCCN(c2c(N)cncc2Br)CC1. The molecule has 98 valence electrons. The van der Waals surface area contributed by atoms with Crippen LogP contribution in [0.3, 0.4) is 0 Å². The van der Waals surface area contributed by atoms with Crippen LogP contribution in [0.2, 0.25) is 0 Å². The first-order chi connectivity index (χ1) is 8.59. The summed E-state index contributed by atoms with van der Waals surface area (Å²) in [5.41, 5.74) is 7.63. The Morgan fingerprint density at radius 1 is 1.33 bits per heavy atom. The third kappa shape index (κ3) is 2.75. The molecule has 0 spiro atoms. The van der Waals surface area contributed by atoms with Crippen molar-refractivity contribution in [1.29, 1.82) is 0 Å². The van der Waals surface area contributed by atoms with Crippen LogP contribution in [0.5, 0.6) is 0 Å². The zero-order chi connectivity index (χ0) is 13.1. The molecular weight excluding hydrogens is 296 g/mol. The first kappa shape index (κ1) is 13.1. The number of nitrogens with two attached hydrogens (primary N) is 1. The summed E-state index contributed by atoms with van der Waals surface area (Å²) in [4.78, 5) is 19.5. The molecule has 0 radical (unpaired) electrons. The Kier molecular flexibility index (Phi) is 4.06. The molecule has 18 heavy (non-hydrogen) atoms. The molecule has 2 heterocycles. The number of hydrogen-bond acceptors (Lipinski definition) is 4. The molecule has 1 aromatic rings. The standard InChI is InChI=1S/C12H17BrN4O/c1-9(18)16-3-2-4-17(6-5-16)12-10(13)7-15-8-11(12)14/h7-8H,2-6,14H2,1H3. The lowest BCUT2D eigenvalue weighted by atomic mass is 10.3. The van der Waals surface area contributed by atoms with Crippen LogP contribution in [0.25, 0.3) is 0 Å². The Labute approximate surface area is 115 Å². The normalized spacial score (nSPS) is 16.6. The minimum absolute atomic E-state index is 0.138. The number of anilines is 2. The monoisotopic (exact) mass is 312 g/mol. The van der Waals surface area contributed by atoms with Crippen LogP contribution in [0.15, 0.2) is 16.9 Å². The number of nitrogens with zero attached hydrogens (tertiary/aromatic N) is 3. The fraction of sp³-hybridized carbons (Fsp3) is 0.500. The van der Waals surface area contributed by atoms with E-state index in [1.54, 1.807) is 19.3 Å². The molecule has 0 bridgehead atoms. The van der Waals surface area contributed by atoms with Crippen molar-refractivity contribution in [3.8, 4) is 0 Å². The van der Waals surface area contributed by atoms with Gasteiger partial charge in [0.15, 0.2) is 0 Å². The predicted molar refractivity (Wildman–Crippen MR) is 75.4 cm³/mol. The van der Waals surface area contributed by atoms with Crippen LogP contribution in [0.1, 0.15) is 13.3 Å². The molecule has 1 aliphatic rings. The number of amides is 1. The van der Waals surface area contributed by atoms with Gasteiger partial charge in [-0.3, -0.25) is 9.78 Å². The van der Waals surface area contributed by atoms with Crippen molar-refractivity contribution in [3.63, 3.8) is 0 Å². The van der Waals surface area contributed by atoms with Crippen LogP contribution >= 0.6 is 15.9 Å². The Morgan fingerprint density at radius 3 is 2.78 bits per heavy atom. The van der Waals surface area contributed by atoms with Crippen molar-refractivity contribution < 1.29 is 4.79 Å². The molecule has 1 saturated heterocycles. The molecule has 6 heteroatoms. The smallest absolute Gasteiger partial charge is 0.219 e. The van der Waals surface area contributed by atoms with Gasteiger partial charge >= 0.3 is 0 Å². The highest BCUT2D eigenvalue weighted by molar-refractivity contribution is 9.10. The van der Waals surface area contributed by atoms with E-state index < -0.39 is 0 Å². The molecule has 1 fully saturated rings. The second-order valence-corrected chi connectivity index (χ2v) is 5.26. The van der Waals surface area contributed by atoms with Crippen LogP contribution < -0.4 is 10.6 Å². The van der Waals surface area contributed by atoms with Crippen LogP contribution in [0.4, 0.5) is 11.4 Å². The topological polar surface area (TPSA) is 62.5 Å². The number of carbonyl (C=O) groups excluding carboxylic acids is 1. The molecule has 5 nitrogen and oxygen atoms in total. The fourth-order valence-electron chi connectivity index (χ4n) is 2.23. The maximum Gasteiger partial charge on any atom is 0.219 e. The van der Waals surface area contributed by atoms with E-state index in [4.69, 9.17) is 5.73 Å². The summed E-state index contributed by atoms with van der Waals surface area (Å²) in [6.07, 6.45) is 4.36. The van der Waals surface area contributed by atoms with Gasteiger partial charge in [-0.2, -0.15) is 0 Å². The van der Waals surface area contributed by atoms with E-state index in [2.05, 4.69) is 25.8 Å². The molecule has 1 amide bonds. The number of hydrogen-bond donors (Lipinski definition) is 1. The first-order valence-electron chi connectivity index (χ1n) is 5.99. The van der Waals surface area contributed by atoms with Gasteiger partial charge in [-0.05, 0) is 22.4 Å². The van der Waals surface area contributed by atoms with Gasteiger partial charge in [-0.15, -0.1) is 0 Å². The molecule has 2 rings (SSSR count). The lowest BCUT2D eigenvalue weighted by Gasteiger charge is -2.25. The van der Waals surface area contributed by atoms with Gasteiger partial charge in [-0.25, -0.2) is 0 Å². The van der Waals surface area contributed by atoms with Gasteiger partial charge in [-0.1, -0.05) is 0 Å². The van der Waals surface area contributed by atoms with Crippen molar-refractivity contribution in [2.75, 3.05) is 36.8 Å². The predicted octanol–water partition coefficient (Wildman–Crippen LogP) is 1.48. The maximum absolute atomic E-state index is 11.4. The van der Waals surface area contributed by atoms with Gasteiger partial charge in [0.2, 0.25) is 5.91 Å². The summed E-state index contributed by atoms with van der Waals surface area (Å²) in [7, 11) is 0. The molecule has 0 saturated carbocycles. The summed E-state index contributed by atoms with van der Waals surface area (Å²) >= 11 is 3.49.